The highest BCUT2D eigenvalue weighted by Crippen LogP contribution is 2.31. The normalized spacial score (nSPS) is 15.8. The molecule has 0 bridgehead atoms. The molecule has 2 aromatic carbocycles. The van der Waals surface area contributed by atoms with Crippen LogP contribution in [0.3, 0.4) is 0 Å². The number of hydrogen-bond acceptors (Lipinski definition) is 2. The van der Waals surface area contributed by atoms with E-state index in [-0.39, 0.29) is 0 Å². The van der Waals surface area contributed by atoms with Crippen LogP contribution in [0, 0.1) is 13.8 Å². The molecule has 1 aliphatic heterocycles. The molecule has 1 aliphatic rings. The third-order valence-electron chi connectivity index (χ3n) is 4.84. The van der Waals surface area contributed by atoms with E-state index < -0.39 is 0 Å². The molecule has 25 heavy (non-hydrogen) atoms. The van der Waals surface area contributed by atoms with E-state index in [1.165, 1.54) is 22.4 Å². The van der Waals surface area contributed by atoms with Gasteiger partial charge in [0.25, 0.3) is 0 Å². The fraction of sp³-hybridized carbons (Fsp3) is 0.381. The predicted octanol–water partition coefficient (Wildman–Crippen LogP) is 4.43. The Morgan fingerprint density at radius 1 is 1.20 bits per heavy atom. The highest BCUT2D eigenvalue weighted by molar-refractivity contribution is 7.80. The molecule has 1 atom stereocenters. The fourth-order valence-corrected chi connectivity index (χ4v) is 3.75. The maximum atomic E-state index is 5.43. The summed E-state index contributed by atoms with van der Waals surface area (Å²) in [5.41, 5.74) is 6.42. The summed E-state index contributed by atoms with van der Waals surface area (Å²) >= 11 is 5.43. The minimum absolute atomic E-state index is 0.581. The average molecular weight is 354 g/mol. The number of nitrogens with zero attached hydrogens (tertiary/aromatic N) is 1. The lowest BCUT2D eigenvalue weighted by Crippen LogP contribution is -2.34. The van der Waals surface area contributed by atoms with Gasteiger partial charge in [0.2, 0.25) is 0 Å². The SMILES string of the molecule is Cc1ccc(NC(=S)NCCCN2c3ccccc3C[C@@H]2C)c(C)c1. The first-order chi connectivity index (χ1) is 12.0. The molecule has 0 aliphatic carbocycles. The molecule has 132 valence electrons. The zero-order chi connectivity index (χ0) is 17.8. The summed E-state index contributed by atoms with van der Waals surface area (Å²) in [7, 11) is 0. The van der Waals surface area contributed by atoms with Crippen LogP contribution in [0.15, 0.2) is 42.5 Å². The number of para-hydroxylation sites is 1. The summed E-state index contributed by atoms with van der Waals surface area (Å²) in [5.74, 6) is 0. The zero-order valence-corrected chi connectivity index (χ0v) is 16.1. The van der Waals surface area contributed by atoms with E-state index in [2.05, 4.69) is 78.8 Å². The Balaban J connectivity index is 1.45. The summed E-state index contributed by atoms with van der Waals surface area (Å²) in [6.45, 7) is 8.44. The van der Waals surface area contributed by atoms with Crippen LogP contribution in [0.5, 0.6) is 0 Å². The molecule has 2 N–H and O–H groups in total. The fourth-order valence-electron chi connectivity index (χ4n) is 3.54. The van der Waals surface area contributed by atoms with Gasteiger partial charge in [0.15, 0.2) is 5.11 Å². The predicted molar refractivity (Wildman–Crippen MR) is 112 cm³/mol. The van der Waals surface area contributed by atoms with Gasteiger partial charge in [0.05, 0.1) is 0 Å². The van der Waals surface area contributed by atoms with Crippen molar-refractivity contribution < 1.29 is 0 Å². The summed E-state index contributed by atoms with van der Waals surface area (Å²) in [5, 5.41) is 7.32. The quantitative estimate of drug-likeness (QED) is 0.614. The van der Waals surface area contributed by atoms with Crippen molar-refractivity contribution in [2.75, 3.05) is 23.3 Å². The summed E-state index contributed by atoms with van der Waals surface area (Å²) in [6, 6.07) is 15.7. The van der Waals surface area contributed by atoms with Gasteiger partial charge in [-0.2, -0.15) is 0 Å². The third kappa shape index (κ3) is 4.31. The van der Waals surface area contributed by atoms with Gasteiger partial charge in [-0.25, -0.2) is 0 Å². The van der Waals surface area contributed by atoms with Gasteiger partial charge < -0.3 is 15.5 Å². The van der Waals surface area contributed by atoms with Crippen molar-refractivity contribution in [3.05, 3.63) is 59.2 Å². The Hall–Kier alpha value is -2.07. The average Bonchev–Trinajstić information content (AvgIpc) is 2.90. The number of rotatable bonds is 5. The van der Waals surface area contributed by atoms with Crippen LogP contribution in [-0.4, -0.2) is 24.2 Å². The van der Waals surface area contributed by atoms with Crippen molar-refractivity contribution in [2.24, 2.45) is 0 Å². The van der Waals surface area contributed by atoms with E-state index in [4.69, 9.17) is 12.2 Å². The largest absolute Gasteiger partial charge is 0.368 e. The zero-order valence-electron chi connectivity index (χ0n) is 15.3. The van der Waals surface area contributed by atoms with Crippen LogP contribution in [0.2, 0.25) is 0 Å². The van der Waals surface area contributed by atoms with Crippen LogP contribution < -0.4 is 15.5 Å². The number of anilines is 2. The molecule has 0 unspecified atom stereocenters. The first-order valence-corrected chi connectivity index (χ1v) is 9.42. The van der Waals surface area contributed by atoms with Crippen molar-refractivity contribution in [3.8, 4) is 0 Å². The van der Waals surface area contributed by atoms with Gasteiger partial charge in [-0.3, -0.25) is 0 Å². The Morgan fingerprint density at radius 3 is 2.80 bits per heavy atom. The maximum absolute atomic E-state index is 5.43. The number of aryl methyl sites for hydroxylation is 2. The van der Waals surface area contributed by atoms with Crippen LogP contribution >= 0.6 is 12.2 Å². The second-order valence-corrected chi connectivity index (χ2v) is 7.34. The number of hydrogen-bond donors (Lipinski definition) is 2. The Bertz CT molecular complexity index is 757. The minimum Gasteiger partial charge on any atom is -0.368 e. The Kier molecular flexibility index (Phi) is 5.59. The van der Waals surface area contributed by atoms with Crippen molar-refractivity contribution >= 4 is 28.7 Å². The Labute approximate surface area is 156 Å². The second kappa shape index (κ2) is 7.87. The molecule has 2 aromatic rings. The van der Waals surface area contributed by atoms with Gasteiger partial charge in [-0.15, -0.1) is 0 Å². The van der Waals surface area contributed by atoms with Gasteiger partial charge in [-0.05, 0) is 69.1 Å². The topological polar surface area (TPSA) is 27.3 Å². The molecule has 0 aromatic heterocycles. The molecule has 0 radical (unpaired) electrons. The maximum Gasteiger partial charge on any atom is 0.170 e. The summed E-state index contributed by atoms with van der Waals surface area (Å²) < 4.78 is 0. The monoisotopic (exact) mass is 353 g/mol. The van der Waals surface area contributed by atoms with E-state index in [1.807, 2.05) is 0 Å². The van der Waals surface area contributed by atoms with Crippen molar-refractivity contribution in [2.45, 2.75) is 39.7 Å². The van der Waals surface area contributed by atoms with Gasteiger partial charge in [0, 0.05) is 30.5 Å². The molecule has 0 saturated heterocycles. The third-order valence-corrected chi connectivity index (χ3v) is 5.09. The lowest BCUT2D eigenvalue weighted by Gasteiger charge is -2.25. The van der Waals surface area contributed by atoms with E-state index in [0.29, 0.717) is 11.2 Å². The molecular weight excluding hydrogens is 326 g/mol. The highest BCUT2D eigenvalue weighted by atomic mass is 32.1. The van der Waals surface area contributed by atoms with Gasteiger partial charge >= 0.3 is 0 Å². The summed E-state index contributed by atoms with van der Waals surface area (Å²) in [4.78, 5) is 2.51. The molecule has 0 fully saturated rings. The number of benzene rings is 2. The summed E-state index contributed by atoms with van der Waals surface area (Å²) in [6.07, 6.45) is 2.21. The van der Waals surface area contributed by atoms with Crippen LogP contribution in [0.4, 0.5) is 11.4 Å². The number of thiocarbonyl (C=S) groups is 1. The standard InChI is InChI=1S/C21H27N3S/c1-15-9-10-19(16(2)13-15)23-21(25)22-11-6-12-24-17(3)14-18-7-4-5-8-20(18)24/h4-5,7-10,13,17H,6,11-12,14H2,1-3H3,(H2,22,23,25)/t17-/m0/s1. The molecule has 0 saturated carbocycles. The van der Waals surface area contributed by atoms with E-state index >= 15 is 0 Å². The molecule has 0 spiro atoms. The van der Waals surface area contributed by atoms with Crippen molar-refractivity contribution in [3.63, 3.8) is 0 Å². The van der Waals surface area contributed by atoms with Crippen LogP contribution in [0.1, 0.15) is 30.0 Å². The van der Waals surface area contributed by atoms with Gasteiger partial charge in [0.1, 0.15) is 0 Å². The number of fused-ring (bicyclic) bond motifs is 1. The lowest BCUT2D eigenvalue weighted by molar-refractivity contribution is 0.641. The lowest BCUT2D eigenvalue weighted by atomic mass is 10.1. The molecule has 3 rings (SSSR count). The van der Waals surface area contributed by atoms with Crippen molar-refractivity contribution in [1.29, 1.82) is 0 Å². The first kappa shape index (κ1) is 17.7. The van der Waals surface area contributed by atoms with Crippen LogP contribution in [0.25, 0.3) is 0 Å². The van der Waals surface area contributed by atoms with Gasteiger partial charge in [-0.1, -0.05) is 35.9 Å². The highest BCUT2D eigenvalue weighted by Gasteiger charge is 2.24. The van der Waals surface area contributed by atoms with E-state index in [0.717, 1.165) is 31.6 Å². The second-order valence-electron chi connectivity index (χ2n) is 6.93. The molecule has 0 amide bonds. The first-order valence-electron chi connectivity index (χ1n) is 9.01. The van der Waals surface area contributed by atoms with Crippen LogP contribution in [-0.2, 0) is 6.42 Å². The molecular formula is C21H27N3S. The van der Waals surface area contributed by atoms with Crippen molar-refractivity contribution in [1.82, 2.24) is 5.32 Å². The number of nitrogens with one attached hydrogen (secondary N) is 2. The molecule has 1 heterocycles. The minimum atomic E-state index is 0.581. The van der Waals surface area contributed by atoms with E-state index in [1.54, 1.807) is 0 Å². The Morgan fingerprint density at radius 2 is 2.00 bits per heavy atom. The smallest absolute Gasteiger partial charge is 0.170 e. The van der Waals surface area contributed by atoms with E-state index in [9.17, 15) is 0 Å². The molecule has 3 nitrogen and oxygen atoms in total. The molecule has 4 heteroatoms.